The van der Waals surface area contributed by atoms with E-state index in [1.807, 2.05) is 37.3 Å². The molecule has 1 aromatic heterocycles. The van der Waals surface area contributed by atoms with E-state index in [0.717, 1.165) is 11.1 Å². The van der Waals surface area contributed by atoms with Gasteiger partial charge in [-0.05, 0) is 63.4 Å². The van der Waals surface area contributed by atoms with E-state index in [4.69, 9.17) is 4.74 Å². The van der Waals surface area contributed by atoms with Crippen LogP contribution < -0.4 is 10.2 Å². The molecule has 0 saturated carbocycles. The van der Waals surface area contributed by atoms with Gasteiger partial charge in [0.05, 0.1) is 15.3 Å². The van der Waals surface area contributed by atoms with Crippen molar-refractivity contribution in [3.63, 3.8) is 0 Å². The summed E-state index contributed by atoms with van der Waals surface area (Å²) in [6.45, 7) is 7.26. The molecule has 2 aromatic carbocycles. The molecule has 4 rings (SSSR count). The van der Waals surface area contributed by atoms with Crippen molar-refractivity contribution in [3.8, 4) is 11.1 Å². The van der Waals surface area contributed by atoms with Crippen molar-refractivity contribution < 1.29 is 27.3 Å². The van der Waals surface area contributed by atoms with Crippen molar-refractivity contribution in [1.82, 2.24) is 4.98 Å². The van der Waals surface area contributed by atoms with Crippen molar-refractivity contribution in [2.24, 2.45) is 4.36 Å². The molecule has 1 aliphatic rings. The number of anilines is 2. The monoisotopic (exact) mass is 598 g/mol. The molecule has 0 radical (unpaired) electrons. The Kier molecular flexibility index (Phi) is 9.01. The zero-order chi connectivity index (χ0) is 30.7. The fourth-order valence-electron chi connectivity index (χ4n) is 4.76. The third kappa shape index (κ3) is 7.70. The Morgan fingerprint density at radius 3 is 2.48 bits per heavy atom. The van der Waals surface area contributed by atoms with E-state index in [-0.39, 0.29) is 36.3 Å². The molecule has 8 nitrogen and oxygen atoms in total. The zero-order valence-electron chi connectivity index (χ0n) is 24.4. The van der Waals surface area contributed by atoms with Gasteiger partial charge in [0.2, 0.25) is 5.92 Å². The second kappa shape index (κ2) is 12.2. The smallest absolute Gasteiger partial charge is 0.442 e. The lowest BCUT2D eigenvalue weighted by atomic mass is 9.97. The maximum absolute atomic E-state index is 14.2. The number of hydrogen-bond donors (Lipinski definition) is 1. The van der Waals surface area contributed by atoms with E-state index in [9.17, 15) is 22.6 Å². The number of alkyl halides is 2. The lowest BCUT2D eigenvalue weighted by molar-refractivity contribution is -0.0102. The van der Waals surface area contributed by atoms with Crippen LogP contribution in [-0.4, -0.2) is 52.1 Å². The van der Waals surface area contributed by atoms with Gasteiger partial charge in [-0.1, -0.05) is 36.4 Å². The summed E-state index contributed by atoms with van der Waals surface area (Å²) in [6, 6.07) is 15.7. The minimum absolute atomic E-state index is 0.0595. The van der Waals surface area contributed by atoms with Crippen molar-refractivity contribution >= 4 is 33.2 Å². The number of halogens is 2. The van der Waals surface area contributed by atoms with Gasteiger partial charge in [0.25, 0.3) is 5.91 Å². The minimum Gasteiger partial charge on any atom is -0.442 e. The van der Waals surface area contributed by atoms with E-state index < -0.39 is 33.3 Å². The highest BCUT2D eigenvalue weighted by molar-refractivity contribution is 7.93. The first-order valence-electron chi connectivity index (χ1n) is 13.7. The lowest BCUT2D eigenvalue weighted by Gasteiger charge is -2.26. The molecule has 1 fully saturated rings. The number of rotatable bonds is 5. The third-order valence-electron chi connectivity index (χ3n) is 6.82. The van der Waals surface area contributed by atoms with E-state index in [1.165, 1.54) is 12.3 Å². The summed E-state index contributed by atoms with van der Waals surface area (Å²) in [4.78, 5) is 32.7. The van der Waals surface area contributed by atoms with Crippen LogP contribution >= 0.6 is 0 Å². The van der Waals surface area contributed by atoms with Crippen LogP contribution in [0.4, 0.5) is 25.1 Å². The number of aromatic nitrogens is 1. The average molecular weight is 599 g/mol. The predicted molar refractivity (Wildman–Crippen MR) is 161 cm³/mol. The predicted octanol–water partition coefficient (Wildman–Crippen LogP) is 7.33. The van der Waals surface area contributed by atoms with Gasteiger partial charge >= 0.3 is 6.09 Å². The Morgan fingerprint density at radius 1 is 1.07 bits per heavy atom. The van der Waals surface area contributed by atoms with Crippen LogP contribution in [0.2, 0.25) is 0 Å². The fraction of sp³-hybridized carbons (Fsp3) is 0.387. The summed E-state index contributed by atoms with van der Waals surface area (Å²) in [5.41, 5.74) is 2.04. The molecule has 1 N–H and O–H groups in total. The number of carbonyl (C=O) groups is 2. The van der Waals surface area contributed by atoms with Crippen LogP contribution in [0.5, 0.6) is 0 Å². The molecule has 0 unspecified atom stereocenters. The fourth-order valence-corrected chi connectivity index (χ4v) is 5.87. The summed E-state index contributed by atoms with van der Waals surface area (Å²) >= 11 is 0. The summed E-state index contributed by atoms with van der Waals surface area (Å²) < 4.78 is 50.6. The van der Waals surface area contributed by atoms with Gasteiger partial charge in [-0.3, -0.25) is 4.79 Å². The topological polar surface area (TPSA) is 101 Å². The maximum Gasteiger partial charge on any atom is 0.442 e. The molecular weight excluding hydrogens is 562 g/mol. The molecule has 42 heavy (non-hydrogen) atoms. The third-order valence-corrected chi connectivity index (χ3v) is 8.45. The Bertz CT molecular complexity index is 1600. The van der Waals surface area contributed by atoms with Crippen LogP contribution in [0.25, 0.3) is 11.1 Å². The quantitative estimate of drug-likeness (QED) is 0.330. The van der Waals surface area contributed by atoms with Gasteiger partial charge in [0.15, 0.2) is 0 Å². The highest BCUT2D eigenvalue weighted by Crippen LogP contribution is 2.34. The molecule has 2 heterocycles. The number of amides is 2. The number of hydrogen-bond acceptors (Lipinski definition) is 6. The van der Waals surface area contributed by atoms with E-state index in [1.54, 1.807) is 50.1 Å². The second-order valence-electron chi connectivity index (χ2n) is 11.4. The number of carbonyl (C=O) groups excluding carboxylic acids is 2. The molecular formula is C31H36F2N4O4S. The normalized spacial score (nSPS) is 16.6. The van der Waals surface area contributed by atoms with Crippen molar-refractivity contribution in [1.29, 1.82) is 0 Å². The van der Waals surface area contributed by atoms with Gasteiger partial charge < -0.3 is 15.0 Å². The van der Waals surface area contributed by atoms with Crippen molar-refractivity contribution in [2.45, 2.75) is 63.4 Å². The van der Waals surface area contributed by atoms with Gasteiger partial charge in [0, 0.05) is 54.5 Å². The SMILES string of the molecule is Cc1c(-c2ccccc2)cnc(N2CCCC(F)(F)CC2)c1C(=O)Nc1cccc([S@](C)(=O)=NC(=O)OC(C)(C)C)c1. The molecule has 224 valence electrons. The van der Waals surface area contributed by atoms with E-state index >= 15 is 0 Å². The van der Waals surface area contributed by atoms with Gasteiger partial charge in [-0.2, -0.15) is 0 Å². The van der Waals surface area contributed by atoms with Crippen LogP contribution in [0.1, 0.15) is 56.0 Å². The zero-order valence-corrected chi connectivity index (χ0v) is 25.3. The largest absolute Gasteiger partial charge is 0.442 e. The Labute approximate surface area is 245 Å². The number of ether oxygens (including phenoxy) is 1. The molecule has 0 bridgehead atoms. The molecule has 1 aliphatic heterocycles. The second-order valence-corrected chi connectivity index (χ2v) is 13.7. The number of nitrogens with one attached hydrogen (secondary N) is 1. The van der Waals surface area contributed by atoms with Crippen LogP contribution in [0.15, 0.2) is 70.1 Å². The summed E-state index contributed by atoms with van der Waals surface area (Å²) in [5, 5.41) is 2.86. The molecule has 1 atom stereocenters. The Morgan fingerprint density at radius 2 is 1.79 bits per heavy atom. The highest BCUT2D eigenvalue weighted by atomic mass is 32.2. The van der Waals surface area contributed by atoms with E-state index in [0.29, 0.717) is 23.6 Å². The Hall–Kier alpha value is -3.86. The highest BCUT2D eigenvalue weighted by Gasteiger charge is 2.33. The standard InChI is InChI=1S/C31H36F2N4O4S/c1-21-25(22-11-7-6-8-12-22)20-34-27(37-17-10-15-31(32,33)16-18-37)26(21)28(38)35-23-13-9-14-24(19-23)42(5,40)36-29(39)41-30(2,3)4/h6-9,11-14,19-20H,10,15-18H2,1-5H3,(H,35,38)/t42-/m0/s1. The first kappa shape index (κ1) is 31.1. The molecule has 1 saturated heterocycles. The van der Waals surface area contributed by atoms with Gasteiger partial charge in [-0.25, -0.2) is 22.8 Å². The first-order chi connectivity index (χ1) is 19.7. The van der Waals surface area contributed by atoms with Gasteiger partial charge in [-0.15, -0.1) is 4.36 Å². The Balaban J connectivity index is 1.71. The van der Waals surface area contributed by atoms with Crippen LogP contribution in [0.3, 0.4) is 0 Å². The average Bonchev–Trinajstić information content (AvgIpc) is 3.07. The van der Waals surface area contributed by atoms with Crippen LogP contribution in [-0.2, 0) is 14.5 Å². The number of nitrogens with zero attached hydrogens (tertiary/aromatic N) is 3. The summed E-state index contributed by atoms with van der Waals surface area (Å²) in [7, 11) is -3.19. The van der Waals surface area contributed by atoms with Crippen molar-refractivity contribution in [2.75, 3.05) is 29.6 Å². The summed E-state index contributed by atoms with van der Waals surface area (Å²) in [5.74, 6) is -2.93. The van der Waals surface area contributed by atoms with Gasteiger partial charge in [0.1, 0.15) is 11.4 Å². The number of benzene rings is 2. The number of pyridine rings is 1. The lowest BCUT2D eigenvalue weighted by Crippen LogP contribution is -2.30. The molecule has 2 amide bonds. The molecule has 3 aromatic rings. The first-order valence-corrected chi connectivity index (χ1v) is 15.6. The minimum atomic E-state index is -3.19. The maximum atomic E-state index is 14.2. The molecule has 11 heteroatoms. The summed E-state index contributed by atoms with van der Waals surface area (Å²) in [6.07, 6.45) is 1.76. The van der Waals surface area contributed by atoms with E-state index in [2.05, 4.69) is 14.7 Å². The molecule has 0 aliphatic carbocycles. The van der Waals surface area contributed by atoms with Crippen molar-refractivity contribution in [3.05, 3.63) is 71.9 Å². The van der Waals surface area contributed by atoms with Crippen LogP contribution in [0, 0.1) is 6.92 Å². The molecule has 0 spiro atoms.